The van der Waals surface area contributed by atoms with Crippen molar-refractivity contribution in [3.63, 3.8) is 0 Å². The normalized spacial score (nSPS) is 23.0. The summed E-state index contributed by atoms with van der Waals surface area (Å²) < 4.78 is 11.0. The summed E-state index contributed by atoms with van der Waals surface area (Å²) in [6, 6.07) is 7.93. The number of carbonyl (C=O) groups excluding carboxylic acids is 1. The molecule has 7 nitrogen and oxygen atoms in total. The van der Waals surface area contributed by atoms with E-state index in [4.69, 9.17) is 20.9 Å². The third kappa shape index (κ3) is 3.46. The van der Waals surface area contributed by atoms with Crippen molar-refractivity contribution in [2.24, 2.45) is 21.9 Å². The molecule has 0 aromatic heterocycles. The predicted molar refractivity (Wildman–Crippen MR) is 90.6 cm³/mol. The molecule has 0 aliphatic carbocycles. The Labute approximate surface area is 141 Å². The Kier molecular flexibility index (Phi) is 4.89. The van der Waals surface area contributed by atoms with Crippen LogP contribution in [0.15, 0.2) is 29.3 Å². The molecule has 3 rings (SSSR count). The summed E-state index contributed by atoms with van der Waals surface area (Å²) in [6.07, 6.45) is 1.97. The zero-order chi connectivity index (χ0) is 17.0. The molecule has 1 aromatic carbocycles. The van der Waals surface area contributed by atoms with E-state index in [0.717, 1.165) is 17.7 Å². The summed E-state index contributed by atoms with van der Waals surface area (Å²) in [5.74, 6) is 0.856. The van der Waals surface area contributed by atoms with Crippen molar-refractivity contribution in [2.45, 2.75) is 25.3 Å². The Hall–Kier alpha value is -2.28. The Morgan fingerprint density at radius 2 is 2.00 bits per heavy atom. The van der Waals surface area contributed by atoms with E-state index >= 15 is 0 Å². The number of hydrogen-bond donors (Lipinski definition) is 3. The van der Waals surface area contributed by atoms with Crippen LogP contribution in [0.1, 0.15) is 30.9 Å². The number of fused-ring (bicyclic) bond motifs is 1. The number of nitrogens with zero attached hydrogens (tertiary/aromatic N) is 1. The third-order valence-corrected chi connectivity index (χ3v) is 4.81. The number of nitrogens with one attached hydrogen (secondary N) is 1. The van der Waals surface area contributed by atoms with Gasteiger partial charge in [0.1, 0.15) is 5.75 Å². The van der Waals surface area contributed by atoms with Crippen LogP contribution in [0.3, 0.4) is 0 Å². The highest BCUT2D eigenvalue weighted by Gasteiger charge is 2.38. The highest BCUT2D eigenvalue weighted by Crippen LogP contribution is 2.32. The smallest absolute Gasteiger partial charge is 0.225 e. The summed E-state index contributed by atoms with van der Waals surface area (Å²) in [5.41, 5.74) is 12.1. The highest BCUT2D eigenvalue weighted by molar-refractivity contribution is 5.83. The first-order chi connectivity index (χ1) is 11.6. The van der Waals surface area contributed by atoms with Gasteiger partial charge in [0.05, 0.1) is 24.6 Å². The van der Waals surface area contributed by atoms with Crippen molar-refractivity contribution in [3.8, 4) is 5.75 Å². The van der Waals surface area contributed by atoms with E-state index in [2.05, 4.69) is 10.3 Å². The van der Waals surface area contributed by atoms with Gasteiger partial charge in [-0.15, -0.1) is 0 Å². The van der Waals surface area contributed by atoms with Gasteiger partial charge in [-0.25, -0.2) is 0 Å². The minimum absolute atomic E-state index is 0.0536. The Bertz CT molecular complexity index is 626. The zero-order valence-corrected chi connectivity index (χ0v) is 13.7. The lowest BCUT2D eigenvalue weighted by Crippen LogP contribution is -2.45. The molecule has 1 saturated heterocycles. The second-order valence-electron chi connectivity index (χ2n) is 6.33. The summed E-state index contributed by atoms with van der Waals surface area (Å²) in [6.45, 7) is 1.97. The number of ether oxygens (including phenoxy) is 2. The van der Waals surface area contributed by atoms with Crippen LogP contribution in [0.2, 0.25) is 0 Å². The first-order valence-corrected chi connectivity index (χ1v) is 8.27. The van der Waals surface area contributed by atoms with Crippen LogP contribution in [-0.2, 0) is 9.53 Å². The van der Waals surface area contributed by atoms with Gasteiger partial charge in [-0.3, -0.25) is 9.79 Å². The quantitative estimate of drug-likeness (QED) is 0.555. The number of nitrogens with two attached hydrogens (primary N) is 2. The Morgan fingerprint density at radius 1 is 1.25 bits per heavy atom. The Balaban J connectivity index is 1.67. The standard InChI is InChI=1S/C17H24N4O3/c18-15(22)17(6-9-23-10-7-17)11-20-16(19)21-13-5-8-24-14-4-2-1-3-12(13)14/h1-4,13H,5-11H2,(H2,18,22)(H3,19,20,21). The monoisotopic (exact) mass is 332 g/mol. The van der Waals surface area contributed by atoms with Crippen molar-refractivity contribution in [2.75, 3.05) is 26.4 Å². The van der Waals surface area contributed by atoms with Gasteiger partial charge in [-0.2, -0.15) is 0 Å². The van der Waals surface area contributed by atoms with Gasteiger partial charge in [-0.05, 0) is 18.9 Å². The number of para-hydroxylation sites is 1. The Morgan fingerprint density at radius 3 is 2.75 bits per heavy atom. The first kappa shape index (κ1) is 16.6. The molecule has 0 bridgehead atoms. The molecule has 130 valence electrons. The number of benzene rings is 1. The molecule has 1 atom stereocenters. The number of rotatable bonds is 4. The van der Waals surface area contributed by atoms with E-state index in [1.807, 2.05) is 24.3 Å². The maximum absolute atomic E-state index is 11.9. The SMILES string of the molecule is NC(=O)C1(CN=C(N)NC2CCOc3ccccc32)CCOCC1. The third-order valence-electron chi connectivity index (χ3n) is 4.81. The molecular formula is C17H24N4O3. The second-order valence-corrected chi connectivity index (χ2v) is 6.33. The molecule has 5 N–H and O–H groups in total. The van der Waals surface area contributed by atoms with Gasteiger partial charge in [0.15, 0.2) is 5.96 Å². The molecule has 2 aliphatic rings. The molecule has 2 aliphatic heterocycles. The molecule has 1 aromatic rings. The molecule has 24 heavy (non-hydrogen) atoms. The van der Waals surface area contributed by atoms with Crippen molar-refractivity contribution in [3.05, 3.63) is 29.8 Å². The minimum atomic E-state index is -0.655. The maximum atomic E-state index is 11.9. The number of guanidine groups is 1. The van der Waals surface area contributed by atoms with Gasteiger partial charge in [0, 0.05) is 25.2 Å². The topological polar surface area (TPSA) is 112 Å². The van der Waals surface area contributed by atoms with Gasteiger partial charge < -0.3 is 26.3 Å². The van der Waals surface area contributed by atoms with Crippen LogP contribution in [-0.4, -0.2) is 38.2 Å². The van der Waals surface area contributed by atoms with Gasteiger partial charge >= 0.3 is 0 Å². The fourth-order valence-corrected chi connectivity index (χ4v) is 3.20. The van der Waals surface area contributed by atoms with Gasteiger partial charge in [0.2, 0.25) is 5.91 Å². The van der Waals surface area contributed by atoms with E-state index < -0.39 is 5.41 Å². The minimum Gasteiger partial charge on any atom is -0.493 e. The predicted octanol–water partition coefficient (Wildman–Crippen LogP) is 0.697. The first-order valence-electron chi connectivity index (χ1n) is 8.27. The average Bonchev–Trinajstić information content (AvgIpc) is 2.61. The largest absolute Gasteiger partial charge is 0.493 e. The molecule has 0 saturated carbocycles. The van der Waals surface area contributed by atoms with Crippen LogP contribution in [0.5, 0.6) is 5.75 Å². The summed E-state index contributed by atoms with van der Waals surface area (Å²) in [7, 11) is 0. The lowest BCUT2D eigenvalue weighted by Gasteiger charge is -2.33. The molecule has 1 unspecified atom stereocenters. The number of carbonyl (C=O) groups is 1. The van der Waals surface area contributed by atoms with Crippen molar-refractivity contribution < 1.29 is 14.3 Å². The highest BCUT2D eigenvalue weighted by atomic mass is 16.5. The summed E-state index contributed by atoms with van der Waals surface area (Å²) >= 11 is 0. The number of amides is 1. The zero-order valence-electron chi connectivity index (χ0n) is 13.7. The number of aliphatic imine (C=N–C) groups is 1. The second kappa shape index (κ2) is 7.09. The van der Waals surface area contributed by atoms with Crippen LogP contribution >= 0.6 is 0 Å². The van der Waals surface area contributed by atoms with E-state index in [0.29, 0.717) is 38.6 Å². The van der Waals surface area contributed by atoms with Crippen LogP contribution in [0, 0.1) is 5.41 Å². The molecule has 2 heterocycles. The fourth-order valence-electron chi connectivity index (χ4n) is 3.20. The lowest BCUT2D eigenvalue weighted by molar-refractivity contribution is -0.132. The van der Waals surface area contributed by atoms with Crippen LogP contribution in [0.25, 0.3) is 0 Å². The maximum Gasteiger partial charge on any atom is 0.225 e. The van der Waals surface area contributed by atoms with Crippen molar-refractivity contribution >= 4 is 11.9 Å². The van der Waals surface area contributed by atoms with Crippen molar-refractivity contribution in [1.29, 1.82) is 0 Å². The van der Waals surface area contributed by atoms with Crippen LogP contribution < -0.4 is 21.5 Å². The molecule has 7 heteroatoms. The molecule has 0 radical (unpaired) electrons. The fraction of sp³-hybridized carbons (Fsp3) is 0.529. The van der Waals surface area contributed by atoms with E-state index in [1.165, 1.54) is 0 Å². The molecule has 1 amide bonds. The molecular weight excluding hydrogens is 308 g/mol. The van der Waals surface area contributed by atoms with Crippen molar-refractivity contribution in [1.82, 2.24) is 5.32 Å². The average molecular weight is 332 g/mol. The lowest BCUT2D eigenvalue weighted by atomic mass is 9.79. The van der Waals surface area contributed by atoms with Gasteiger partial charge in [0.25, 0.3) is 0 Å². The van der Waals surface area contributed by atoms with Crippen LogP contribution in [0.4, 0.5) is 0 Å². The summed E-state index contributed by atoms with van der Waals surface area (Å²) in [4.78, 5) is 16.3. The van der Waals surface area contributed by atoms with E-state index in [-0.39, 0.29) is 18.5 Å². The van der Waals surface area contributed by atoms with E-state index in [1.54, 1.807) is 0 Å². The molecule has 0 spiro atoms. The van der Waals surface area contributed by atoms with E-state index in [9.17, 15) is 4.79 Å². The number of primary amides is 1. The number of hydrogen-bond acceptors (Lipinski definition) is 4. The summed E-state index contributed by atoms with van der Waals surface area (Å²) in [5, 5.41) is 3.24. The van der Waals surface area contributed by atoms with Gasteiger partial charge in [-0.1, -0.05) is 18.2 Å². The molecule has 1 fully saturated rings.